The molecule has 1 rings (SSSR count). The van der Waals surface area contributed by atoms with Gasteiger partial charge < -0.3 is 19.8 Å². The van der Waals surface area contributed by atoms with Crippen LogP contribution in [0.25, 0.3) is 0 Å². The van der Waals surface area contributed by atoms with Crippen molar-refractivity contribution >= 4 is 29.9 Å². The van der Waals surface area contributed by atoms with Crippen LogP contribution in [0.2, 0.25) is 0 Å². The van der Waals surface area contributed by atoms with Crippen molar-refractivity contribution in [3.05, 3.63) is 23.2 Å². The van der Waals surface area contributed by atoms with Gasteiger partial charge in [0.25, 0.3) is 0 Å². The Hall–Kier alpha value is -0.760. The zero-order chi connectivity index (χ0) is 16.5. The summed E-state index contributed by atoms with van der Waals surface area (Å²) < 4.78 is 11.3. The largest absolute Gasteiger partial charge is 0.466 e. The van der Waals surface area contributed by atoms with Crippen LogP contribution in [-0.4, -0.2) is 32.3 Å². The fourth-order valence-corrected chi connectivity index (χ4v) is 2.41. The molecule has 134 valence electrons. The number of furan rings is 1. The molecule has 0 aliphatic carbocycles. The minimum Gasteiger partial charge on any atom is -0.466 e. The first kappa shape index (κ1) is 22.2. The molecular formula is C17H32IN3O2. The minimum absolute atomic E-state index is 0. The zero-order valence-electron chi connectivity index (χ0n) is 15.2. The molecule has 0 aliphatic rings. The van der Waals surface area contributed by atoms with Gasteiger partial charge in [-0.25, -0.2) is 0 Å². The van der Waals surface area contributed by atoms with Gasteiger partial charge in [0, 0.05) is 32.3 Å². The van der Waals surface area contributed by atoms with E-state index in [0.29, 0.717) is 12.5 Å². The molecule has 1 aromatic rings. The Labute approximate surface area is 157 Å². The van der Waals surface area contributed by atoms with Gasteiger partial charge in [-0.3, -0.25) is 4.99 Å². The fraction of sp³-hybridized carbons (Fsp3) is 0.706. The normalized spacial score (nSPS) is 12.9. The van der Waals surface area contributed by atoms with Crippen molar-refractivity contribution in [2.24, 2.45) is 10.9 Å². The lowest BCUT2D eigenvalue weighted by atomic mass is 10.0. The lowest BCUT2D eigenvalue weighted by Crippen LogP contribution is -2.39. The second-order valence-corrected chi connectivity index (χ2v) is 5.82. The smallest absolute Gasteiger partial charge is 0.191 e. The average molecular weight is 437 g/mol. The van der Waals surface area contributed by atoms with Crippen molar-refractivity contribution in [3.8, 4) is 0 Å². The second-order valence-electron chi connectivity index (χ2n) is 5.82. The number of ether oxygens (including phenoxy) is 1. The molecular weight excluding hydrogens is 405 g/mol. The quantitative estimate of drug-likeness (QED) is 0.371. The average Bonchev–Trinajstić information content (AvgIpc) is 2.79. The SMILES string of the molecule is CCOC(CCNC(=NC)NCc1cc(C)oc1C)C(C)C.I. The summed E-state index contributed by atoms with van der Waals surface area (Å²) in [5, 5.41) is 6.65. The highest BCUT2D eigenvalue weighted by atomic mass is 127. The first-order chi connectivity index (χ1) is 10.5. The molecule has 0 aromatic carbocycles. The zero-order valence-corrected chi connectivity index (χ0v) is 17.6. The summed E-state index contributed by atoms with van der Waals surface area (Å²) in [6.45, 7) is 12.7. The van der Waals surface area contributed by atoms with Gasteiger partial charge >= 0.3 is 0 Å². The second kappa shape index (κ2) is 11.7. The van der Waals surface area contributed by atoms with Crippen LogP contribution in [0.1, 0.15) is 44.3 Å². The number of aliphatic imine (C=N–C) groups is 1. The van der Waals surface area contributed by atoms with E-state index in [0.717, 1.165) is 42.6 Å². The van der Waals surface area contributed by atoms with Crippen LogP contribution in [0.5, 0.6) is 0 Å². The molecule has 5 nitrogen and oxygen atoms in total. The topological polar surface area (TPSA) is 58.8 Å². The molecule has 6 heteroatoms. The van der Waals surface area contributed by atoms with Gasteiger partial charge in [-0.05, 0) is 39.2 Å². The van der Waals surface area contributed by atoms with E-state index in [1.54, 1.807) is 7.05 Å². The number of guanidine groups is 1. The number of hydrogen-bond acceptors (Lipinski definition) is 3. The highest BCUT2D eigenvalue weighted by molar-refractivity contribution is 14.0. The summed E-state index contributed by atoms with van der Waals surface area (Å²) in [7, 11) is 1.78. The molecule has 23 heavy (non-hydrogen) atoms. The van der Waals surface area contributed by atoms with E-state index in [1.165, 1.54) is 0 Å². The van der Waals surface area contributed by atoms with E-state index in [-0.39, 0.29) is 30.1 Å². The van der Waals surface area contributed by atoms with Gasteiger partial charge in [-0.15, -0.1) is 24.0 Å². The van der Waals surface area contributed by atoms with E-state index in [1.807, 2.05) is 20.8 Å². The van der Waals surface area contributed by atoms with Gasteiger partial charge in [0.2, 0.25) is 0 Å². The van der Waals surface area contributed by atoms with Crippen LogP contribution in [0.4, 0.5) is 0 Å². The summed E-state index contributed by atoms with van der Waals surface area (Å²) in [6.07, 6.45) is 1.25. The van der Waals surface area contributed by atoms with E-state index in [2.05, 4.69) is 35.5 Å². The summed E-state index contributed by atoms with van der Waals surface area (Å²) in [5.74, 6) is 3.22. The van der Waals surface area contributed by atoms with Gasteiger partial charge in [0.15, 0.2) is 5.96 Å². The number of halogens is 1. The van der Waals surface area contributed by atoms with Gasteiger partial charge in [0.1, 0.15) is 11.5 Å². The Bertz CT molecular complexity index is 472. The predicted octanol–water partition coefficient (Wildman–Crippen LogP) is 3.63. The summed E-state index contributed by atoms with van der Waals surface area (Å²) in [5.41, 5.74) is 1.16. The Morgan fingerprint density at radius 3 is 2.48 bits per heavy atom. The molecule has 0 saturated carbocycles. The van der Waals surface area contributed by atoms with Crippen molar-refractivity contribution in [2.75, 3.05) is 20.2 Å². The van der Waals surface area contributed by atoms with Crippen LogP contribution >= 0.6 is 24.0 Å². The molecule has 0 radical (unpaired) electrons. The lowest BCUT2D eigenvalue weighted by Gasteiger charge is -2.21. The van der Waals surface area contributed by atoms with Crippen molar-refractivity contribution in [2.45, 2.75) is 53.7 Å². The molecule has 0 bridgehead atoms. The number of rotatable bonds is 8. The van der Waals surface area contributed by atoms with E-state index >= 15 is 0 Å². The van der Waals surface area contributed by atoms with Crippen LogP contribution in [0.15, 0.2) is 15.5 Å². The number of aryl methyl sites for hydroxylation is 2. The van der Waals surface area contributed by atoms with Crippen LogP contribution in [0, 0.1) is 19.8 Å². The third-order valence-corrected chi connectivity index (χ3v) is 3.66. The van der Waals surface area contributed by atoms with E-state index in [9.17, 15) is 0 Å². The molecule has 1 unspecified atom stereocenters. The molecule has 1 heterocycles. The molecule has 1 aromatic heterocycles. The van der Waals surface area contributed by atoms with Gasteiger partial charge in [0.05, 0.1) is 6.10 Å². The predicted molar refractivity (Wildman–Crippen MR) is 107 cm³/mol. The van der Waals surface area contributed by atoms with Crippen molar-refractivity contribution < 1.29 is 9.15 Å². The number of nitrogens with zero attached hydrogens (tertiary/aromatic N) is 1. The Morgan fingerprint density at radius 1 is 1.30 bits per heavy atom. The molecule has 0 amide bonds. The Balaban J connectivity index is 0.00000484. The third-order valence-electron chi connectivity index (χ3n) is 3.66. The summed E-state index contributed by atoms with van der Waals surface area (Å²) >= 11 is 0. The number of hydrogen-bond donors (Lipinski definition) is 2. The molecule has 0 fully saturated rings. The third kappa shape index (κ3) is 8.06. The lowest BCUT2D eigenvalue weighted by molar-refractivity contribution is 0.0258. The van der Waals surface area contributed by atoms with E-state index < -0.39 is 0 Å². The monoisotopic (exact) mass is 437 g/mol. The maximum atomic E-state index is 5.75. The number of nitrogens with one attached hydrogen (secondary N) is 2. The van der Waals surface area contributed by atoms with E-state index in [4.69, 9.17) is 9.15 Å². The first-order valence-corrected chi connectivity index (χ1v) is 8.09. The highest BCUT2D eigenvalue weighted by Crippen LogP contribution is 2.13. The Morgan fingerprint density at radius 2 is 2.00 bits per heavy atom. The standard InChI is InChI=1S/C17H31N3O2.HI/c1-7-21-16(12(2)3)8-9-19-17(18-6)20-11-15-10-13(4)22-14(15)5;/h10,12,16H,7-9,11H2,1-6H3,(H2,18,19,20);1H. The van der Waals surface area contributed by atoms with Crippen molar-refractivity contribution in [1.82, 2.24) is 10.6 Å². The molecule has 1 atom stereocenters. The molecule has 0 aliphatic heterocycles. The summed E-state index contributed by atoms with van der Waals surface area (Å²) in [4.78, 5) is 4.25. The van der Waals surface area contributed by atoms with Gasteiger partial charge in [-0.1, -0.05) is 13.8 Å². The Kier molecular flexibility index (Phi) is 11.3. The molecule has 0 saturated heterocycles. The first-order valence-electron chi connectivity index (χ1n) is 8.09. The minimum atomic E-state index is 0. The van der Waals surface area contributed by atoms with Crippen LogP contribution < -0.4 is 10.6 Å². The molecule has 0 spiro atoms. The maximum Gasteiger partial charge on any atom is 0.191 e. The maximum absolute atomic E-state index is 5.75. The summed E-state index contributed by atoms with van der Waals surface area (Å²) in [6, 6.07) is 2.06. The van der Waals surface area contributed by atoms with Crippen LogP contribution in [0.3, 0.4) is 0 Å². The fourth-order valence-electron chi connectivity index (χ4n) is 2.41. The van der Waals surface area contributed by atoms with Crippen LogP contribution in [-0.2, 0) is 11.3 Å². The molecule has 2 N–H and O–H groups in total. The van der Waals surface area contributed by atoms with Gasteiger partial charge in [-0.2, -0.15) is 0 Å². The highest BCUT2D eigenvalue weighted by Gasteiger charge is 2.13. The van der Waals surface area contributed by atoms with Crippen molar-refractivity contribution in [1.29, 1.82) is 0 Å². The van der Waals surface area contributed by atoms with Crippen molar-refractivity contribution in [3.63, 3.8) is 0 Å².